The number of nitrogens with one attached hydrogen (secondary N) is 2. The summed E-state index contributed by atoms with van der Waals surface area (Å²) < 4.78 is 10.9. The first-order valence-electron chi connectivity index (χ1n) is 9.71. The number of hydroxylamine groups is 1. The van der Waals surface area contributed by atoms with E-state index in [1.807, 2.05) is 78.9 Å². The molecule has 0 fully saturated rings. The number of ether oxygens (including phenoxy) is 1. The lowest BCUT2D eigenvalue weighted by Gasteiger charge is -2.14. The predicted octanol–water partition coefficient (Wildman–Crippen LogP) is 5.17. The van der Waals surface area contributed by atoms with E-state index in [9.17, 15) is 0 Å². The Morgan fingerprint density at radius 2 is 1.77 bits per heavy atom. The molecule has 0 atom stereocenters. The summed E-state index contributed by atoms with van der Waals surface area (Å²) in [4.78, 5) is 14.2. The van der Waals surface area contributed by atoms with Gasteiger partial charge in [-0.2, -0.15) is 0 Å². The van der Waals surface area contributed by atoms with E-state index in [4.69, 9.17) is 14.0 Å². The van der Waals surface area contributed by atoms with Gasteiger partial charge >= 0.3 is 0 Å². The lowest BCUT2D eigenvalue weighted by Crippen LogP contribution is -2.30. The lowest BCUT2D eigenvalue weighted by molar-refractivity contribution is 0.0712. The van der Waals surface area contributed by atoms with E-state index in [1.165, 1.54) is 6.39 Å². The number of anilines is 1. The summed E-state index contributed by atoms with van der Waals surface area (Å²) in [7, 11) is 1.61. The highest BCUT2D eigenvalue weighted by Crippen LogP contribution is 2.32. The van der Waals surface area contributed by atoms with Crippen LogP contribution in [-0.2, 0) is 11.4 Å². The summed E-state index contributed by atoms with van der Waals surface area (Å²) in [6, 6.07) is 25.2. The molecule has 0 unspecified atom stereocenters. The van der Waals surface area contributed by atoms with Gasteiger partial charge in [0.2, 0.25) is 5.96 Å². The van der Waals surface area contributed by atoms with Gasteiger partial charge in [-0.15, -0.1) is 0 Å². The Morgan fingerprint density at radius 3 is 2.48 bits per heavy atom. The van der Waals surface area contributed by atoms with Crippen LogP contribution in [0, 0.1) is 0 Å². The number of aliphatic imine (C=N–C) groups is 1. The van der Waals surface area contributed by atoms with E-state index in [0.29, 0.717) is 24.1 Å². The Kier molecular flexibility index (Phi) is 6.57. The second-order valence-corrected chi connectivity index (χ2v) is 6.58. The number of methoxy groups -OCH3 is 1. The van der Waals surface area contributed by atoms with Crippen LogP contribution in [0.25, 0.3) is 11.3 Å². The molecule has 3 aromatic carbocycles. The van der Waals surface area contributed by atoms with Crippen molar-refractivity contribution in [2.24, 2.45) is 4.99 Å². The zero-order chi connectivity index (χ0) is 21.3. The number of benzene rings is 3. The van der Waals surface area contributed by atoms with E-state index in [1.54, 1.807) is 13.3 Å². The molecule has 0 bridgehead atoms. The fourth-order valence-electron chi connectivity index (χ4n) is 2.93. The minimum Gasteiger partial charge on any atom is -0.496 e. The van der Waals surface area contributed by atoms with Gasteiger partial charge in [-0.25, -0.2) is 15.5 Å². The Morgan fingerprint density at radius 1 is 1.00 bits per heavy atom. The van der Waals surface area contributed by atoms with Crippen LogP contribution in [0.2, 0.25) is 0 Å². The summed E-state index contributed by atoms with van der Waals surface area (Å²) in [6.07, 6.45) is 3.03. The number of hydrogen-bond donors (Lipinski definition) is 2. The molecule has 0 saturated heterocycles. The standard InChI is InChI=1S/C24H22N4O3/c1-29-22-14-20(12-13-21(22)23-15-25-17-30-23)27-24(26-19-10-6-3-7-11-19)28-31-16-18-8-4-2-5-9-18/h2-15,17H,16H2,1H3,(H2,26,27,28). The average Bonchev–Trinajstić information content (AvgIpc) is 3.35. The molecule has 4 aromatic rings. The summed E-state index contributed by atoms with van der Waals surface area (Å²) in [5.41, 5.74) is 6.32. The highest BCUT2D eigenvalue weighted by Gasteiger charge is 2.11. The van der Waals surface area contributed by atoms with Crippen molar-refractivity contribution in [1.29, 1.82) is 0 Å². The van der Waals surface area contributed by atoms with Crippen LogP contribution in [0.15, 0.2) is 101 Å². The van der Waals surface area contributed by atoms with Crippen LogP contribution in [0.5, 0.6) is 5.75 Å². The van der Waals surface area contributed by atoms with Crippen molar-refractivity contribution in [3.8, 4) is 17.1 Å². The van der Waals surface area contributed by atoms with Gasteiger partial charge in [-0.1, -0.05) is 48.5 Å². The van der Waals surface area contributed by atoms with E-state index < -0.39 is 0 Å². The summed E-state index contributed by atoms with van der Waals surface area (Å²) >= 11 is 0. The molecular weight excluding hydrogens is 392 g/mol. The number of rotatable bonds is 7. The van der Waals surface area contributed by atoms with Gasteiger partial charge < -0.3 is 14.5 Å². The molecule has 0 amide bonds. The fourth-order valence-corrected chi connectivity index (χ4v) is 2.93. The first-order valence-corrected chi connectivity index (χ1v) is 9.71. The molecule has 7 nitrogen and oxygen atoms in total. The molecule has 1 heterocycles. The third-order valence-electron chi connectivity index (χ3n) is 4.41. The number of oxazole rings is 1. The Bertz CT molecular complexity index is 1110. The number of para-hydroxylation sites is 1. The molecule has 4 rings (SSSR count). The number of aromatic nitrogens is 1. The van der Waals surface area contributed by atoms with Crippen molar-refractivity contribution < 1.29 is 14.0 Å². The minimum atomic E-state index is 0.393. The van der Waals surface area contributed by atoms with Crippen molar-refractivity contribution >= 4 is 17.3 Å². The highest BCUT2D eigenvalue weighted by molar-refractivity contribution is 5.95. The largest absolute Gasteiger partial charge is 0.496 e. The molecule has 156 valence electrons. The molecule has 0 aliphatic carbocycles. The molecule has 0 aliphatic heterocycles. The topological polar surface area (TPSA) is 80.9 Å². The Balaban J connectivity index is 1.53. The molecule has 2 N–H and O–H groups in total. The Hall–Kier alpha value is -4.10. The van der Waals surface area contributed by atoms with Gasteiger partial charge in [-0.05, 0) is 29.8 Å². The molecule has 31 heavy (non-hydrogen) atoms. The quantitative estimate of drug-likeness (QED) is 0.247. The third kappa shape index (κ3) is 5.49. The molecule has 1 aromatic heterocycles. The second kappa shape index (κ2) is 10.1. The van der Waals surface area contributed by atoms with Crippen molar-refractivity contribution in [3.63, 3.8) is 0 Å². The normalized spacial score (nSPS) is 11.2. The maximum absolute atomic E-state index is 5.67. The summed E-state index contributed by atoms with van der Waals surface area (Å²) in [5, 5.41) is 3.25. The monoisotopic (exact) mass is 414 g/mol. The van der Waals surface area contributed by atoms with Crippen molar-refractivity contribution in [3.05, 3.63) is 97.0 Å². The van der Waals surface area contributed by atoms with Gasteiger partial charge in [0.05, 0.1) is 31.2 Å². The van der Waals surface area contributed by atoms with Crippen LogP contribution in [-0.4, -0.2) is 18.1 Å². The molecule has 0 radical (unpaired) electrons. The molecule has 0 aliphatic rings. The van der Waals surface area contributed by atoms with Crippen molar-refractivity contribution in [1.82, 2.24) is 10.5 Å². The predicted molar refractivity (Wildman–Crippen MR) is 120 cm³/mol. The maximum atomic E-state index is 5.67. The first-order chi connectivity index (χ1) is 15.3. The number of guanidine groups is 1. The van der Waals surface area contributed by atoms with Crippen molar-refractivity contribution in [2.75, 3.05) is 12.4 Å². The molecule has 0 spiro atoms. The van der Waals surface area contributed by atoms with Gasteiger partial charge in [-0.3, -0.25) is 4.84 Å². The van der Waals surface area contributed by atoms with Crippen LogP contribution >= 0.6 is 0 Å². The summed E-state index contributed by atoms with van der Waals surface area (Å²) in [6.45, 7) is 0.393. The molecule has 0 saturated carbocycles. The lowest BCUT2D eigenvalue weighted by atomic mass is 10.1. The maximum Gasteiger partial charge on any atom is 0.225 e. The van der Waals surface area contributed by atoms with Gasteiger partial charge in [0.15, 0.2) is 12.2 Å². The zero-order valence-electron chi connectivity index (χ0n) is 17.0. The van der Waals surface area contributed by atoms with Crippen molar-refractivity contribution in [2.45, 2.75) is 6.61 Å². The smallest absolute Gasteiger partial charge is 0.225 e. The average molecular weight is 414 g/mol. The van der Waals surface area contributed by atoms with E-state index in [0.717, 1.165) is 22.5 Å². The minimum absolute atomic E-state index is 0.393. The first kappa shape index (κ1) is 20.2. The number of hydrogen-bond acceptors (Lipinski definition) is 5. The fraction of sp³-hybridized carbons (Fsp3) is 0.0833. The van der Waals surface area contributed by atoms with E-state index in [2.05, 4.69) is 20.8 Å². The van der Waals surface area contributed by atoms with Crippen LogP contribution < -0.4 is 15.5 Å². The van der Waals surface area contributed by atoms with Gasteiger partial charge in [0.25, 0.3) is 0 Å². The SMILES string of the molecule is COc1cc(NC(=Nc2ccccc2)NOCc2ccccc2)ccc1-c1cnco1. The zero-order valence-corrected chi connectivity index (χ0v) is 17.0. The Labute approximate surface area is 180 Å². The molecular formula is C24H22N4O3. The van der Waals surface area contributed by atoms with Crippen LogP contribution in [0.3, 0.4) is 0 Å². The highest BCUT2D eigenvalue weighted by atomic mass is 16.6. The molecule has 7 heteroatoms. The van der Waals surface area contributed by atoms with E-state index >= 15 is 0 Å². The third-order valence-corrected chi connectivity index (χ3v) is 4.41. The second-order valence-electron chi connectivity index (χ2n) is 6.58. The number of nitrogens with zero attached hydrogens (tertiary/aromatic N) is 2. The summed E-state index contributed by atoms with van der Waals surface area (Å²) in [5.74, 6) is 1.72. The van der Waals surface area contributed by atoms with Gasteiger partial charge in [0, 0.05) is 11.8 Å². The van der Waals surface area contributed by atoms with Crippen LogP contribution in [0.4, 0.5) is 11.4 Å². The van der Waals surface area contributed by atoms with Gasteiger partial charge in [0.1, 0.15) is 5.75 Å². The van der Waals surface area contributed by atoms with E-state index in [-0.39, 0.29) is 0 Å². The van der Waals surface area contributed by atoms with Crippen LogP contribution in [0.1, 0.15) is 5.56 Å².